The molecule has 0 unspecified atom stereocenters. The molecule has 0 aliphatic carbocycles. The summed E-state index contributed by atoms with van der Waals surface area (Å²) >= 11 is 0. The zero-order valence-electron chi connectivity index (χ0n) is 18.8. The standard InChI is InChI=1S/C22H19F4N9/c1-13-7-14(9-27)18(34-5-3-21(23,4-6-34)20-31-29-12-33(20)2)17(30-13)15-8-16-11-35(22(24,25)26)32-19(16)28-10-15/h7-8,10-12H,3-6H2,1-2H3. The first-order valence-electron chi connectivity index (χ1n) is 10.7. The zero-order valence-corrected chi connectivity index (χ0v) is 18.8. The highest BCUT2D eigenvalue weighted by Gasteiger charge is 2.41. The molecular formula is C22H19F4N9. The maximum Gasteiger partial charge on any atom is 0.504 e. The number of pyridine rings is 2. The van der Waals surface area contributed by atoms with Crippen molar-refractivity contribution < 1.29 is 17.6 Å². The molecular weight excluding hydrogens is 466 g/mol. The summed E-state index contributed by atoms with van der Waals surface area (Å²) in [6.07, 6.45) is -0.752. The third kappa shape index (κ3) is 3.94. The highest BCUT2D eigenvalue weighted by molar-refractivity contribution is 5.85. The second kappa shape index (κ2) is 8.00. The monoisotopic (exact) mass is 485 g/mol. The average molecular weight is 485 g/mol. The molecule has 5 rings (SSSR count). The number of rotatable bonds is 3. The van der Waals surface area contributed by atoms with Crippen LogP contribution in [0.15, 0.2) is 30.9 Å². The summed E-state index contributed by atoms with van der Waals surface area (Å²) in [6.45, 7) is 2.27. The Balaban J connectivity index is 1.55. The van der Waals surface area contributed by atoms with Gasteiger partial charge < -0.3 is 9.47 Å². The first-order valence-corrected chi connectivity index (χ1v) is 10.7. The van der Waals surface area contributed by atoms with Gasteiger partial charge in [-0.05, 0) is 19.1 Å². The molecule has 5 heterocycles. The fourth-order valence-corrected chi connectivity index (χ4v) is 4.45. The first kappa shape index (κ1) is 22.7. The summed E-state index contributed by atoms with van der Waals surface area (Å²) in [5, 5.41) is 21.2. The van der Waals surface area contributed by atoms with E-state index < -0.39 is 12.0 Å². The van der Waals surface area contributed by atoms with E-state index in [0.717, 1.165) is 6.20 Å². The number of alkyl halides is 4. The predicted molar refractivity (Wildman–Crippen MR) is 117 cm³/mol. The second-order valence-electron chi connectivity index (χ2n) is 8.52. The van der Waals surface area contributed by atoms with Gasteiger partial charge in [0.25, 0.3) is 0 Å². The van der Waals surface area contributed by atoms with Gasteiger partial charge in [0.1, 0.15) is 12.4 Å². The maximum atomic E-state index is 15.7. The van der Waals surface area contributed by atoms with Crippen molar-refractivity contribution >= 4 is 16.7 Å². The Bertz CT molecular complexity index is 1460. The second-order valence-corrected chi connectivity index (χ2v) is 8.52. The fourth-order valence-electron chi connectivity index (χ4n) is 4.45. The maximum absolute atomic E-state index is 15.7. The van der Waals surface area contributed by atoms with Crippen LogP contribution in [-0.2, 0) is 19.0 Å². The molecule has 0 N–H and O–H groups in total. The molecule has 1 fully saturated rings. The number of fused-ring (bicyclic) bond motifs is 1. The third-order valence-corrected chi connectivity index (χ3v) is 6.12. The van der Waals surface area contributed by atoms with Crippen molar-refractivity contribution in [3.05, 3.63) is 47.9 Å². The summed E-state index contributed by atoms with van der Waals surface area (Å²) in [5.74, 6) is 0.247. The number of aromatic nitrogens is 7. The number of hydrogen-bond donors (Lipinski definition) is 0. The van der Waals surface area contributed by atoms with Crippen molar-refractivity contribution in [3.8, 4) is 17.3 Å². The number of halogens is 4. The van der Waals surface area contributed by atoms with Crippen molar-refractivity contribution in [1.29, 1.82) is 5.26 Å². The molecule has 1 saturated heterocycles. The quantitative estimate of drug-likeness (QED) is 0.408. The summed E-state index contributed by atoms with van der Waals surface area (Å²) < 4.78 is 56.4. The number of piperidine rings is 1. The summed E-state index contributed by atoms with van der Waals surface area (Å²) in [4.78, 5) is 10.5. The van der Waals surface area contributed by atoms with Crippen molar-refractivity contribution in [2.24, 2.45) is 7.05 Å². The van der Waals surface area contributed by atoms with Gasteiger partial charge in [0.2, 0.25) is 0 Å². The molecule has 13 heteroatoms. The SMILES string of the molecule is Cc1cc(C#N)c(N2CCC(F)(c3nncn3C)CC2)c(-c2cnc3nn(C(F)(F)F)cc3c2)n1. The number of anilines is 1. The molecule has 0 spiro atoms. The fraction of sp³-hybridized carbons (Fsp3) is 0.364. The molecule has 9 nitrogen and oxygen atoms in total. The van der Waals surface area contributed by atoms with E-state index in [1.807, 2.05) is 4.90 Å². The third-order valence-electron chi connectivity index (χ3n) is 6.12. The van der Waals surface area contributed by atoms with E-state index in [1.54, 1.807) is 24.6 Å². The van der Waals surface area contributed by atoms with Crippen LogP contribution >= 0.6 is 0 Å². The van der Waals surface area contributed by atoms with Crippen molar-refractivity contribution in [1.82, 2.24) is 34.5 Å². The lowest BCUT2D eigenvalue weighted by Gasteiger charge is -2.37. The molecule has 1 aliphatic heterocycles. The molecule has 180 valence electrons. The number of aryl methyl sites for hydroxylation is 2. The van der Waals surface area contributed by atoms with E-state index in [9.17, 15) is 18.4 Å². The number of hydrogen-bond acceptors (Lipinski definition) is 7. The molecule has 4 aromatic rings. The van der Waals surface area contributed by atoms with E-state index in [0.29, 0.717) is 28.2 Å². The average Bonchev–Trinajstić information content (AvgIpc) is 3.45. The van der Waals surface area contributed by atoms with Crippen LogP contribution in [0.3, 0.4) is 0 Å². The minimum atomic E-state index is -4.67. The first-order chi connectivity index (χ1) is 16.6. The van der Waals surface area contributed by atoms with Gasteiger partial charge in [-0.3, -0.25) is 4.98 Å². The van der Waals surface area contributed by atoms with Crippen LogP contribution in [0.25, 0.3) is 22.3 Å². The van der Waals surface area contributed by atoms with Crippen LogP contribution in [0, 0.1) is 18.3 Å². The normalized spacial score (nSPS) is 16.0. The highest BCUT2D eigenvalue weighted by atomic mass is 19.4. The lowest BCUT2D eigenvalue weighted by molar-refractivity contribution is -0.211. The van der Waals surface area contributed by atoms with Crippen LogP contribution < -0.4 is 4.90 Å². The minimum absolute atomic E-state index is 0.0651. The molecule has 0 radical (unpaired) electrons. The molecule has 0 atom stereocenters. The Morgan fingerprint density at radius 2 is 1.91 bits per heavy atom. The smallest absolute Gasteiger partial charge is 0.368 e. The number of nitrogens with zero attached hydrogens (tertiary/aromatic N) is 9. The largest absolute Gasteiger partial charge is 0.504 e. The summed E-state index contributed by atoms with van der Waals surface area (Å²) in [5.41, 5.74) is 0.470. The minimum Gasteiger partial charge on any atom is -0.368 e. The van der Waals surface area contributed by atoms with Gasteiger partial charge in [0.15, 0.2) is 17.1 Å². The van der Waals surface area contributed by atoms with Crippen LogP contribution in [0.5, 0.6) is 0 Å². The van der Waals surface area contributed by atoms with E-state index in [-0.39, 0.29) is 47.5 Å². The van der Waals surface area contributed by atoms with Gasteiger partial charge in [-0.1, -0.05) is 0 Å². The zero-order chi connectivity index (χ0) is 25.0. The number of nitriles is 1. The van der Waals surface area contributed by atoms with Gasteiger partial charge in [0.05, 0.1) is 16.9 Å². The summed E-state index contributed by atoms with van der Waals surface area (Å²) in [6, 6.07) is 5.31. The van der Waals surface area contributed by atoms with Gasteiger partial charge >= 0.3 is 6.30 Å². The van der Waals surface area contributed by atoms with Gasteiger partial charge in [-0.15, -0.1) is 28.5 Å². The van der Waals surface area contributed by atoms with Gasteiger partial charge in [0, 0.05) is 62.0 Å². The molecule has 0 saturated carbocycles. The van der Waals surface area contributed by atoms with Gasteiger partial charge in [-0.2, -0.15) is 9.94 Å². The lowest BCUT2D eigenvalue weighted by Crippen LogP contribution is -2.42. The Hall–Kier alpha value is -4.08. The molecule has 0 bridgehead atoms. The Kier molecular flexibility index (Phi) is 5.19. The van der Waals surface area contributed by atoms with E-state index in [1.165, 1.54) is 18.6 Å². The van der Waals surface area contributed by atoms with E-state index >= 15 is 4.39 Å². The van der Waals surface area contributed by atoms with E-state index in [4.69, 9.17) is 0 Å². The van der Waals surface area contributed by atoms with Crippen LogP contribution in [0.2, 0.25) is 0 Å². The van der Waals surface area contributed by atoms with Crippen LogP contribution in [0.4, 0.5) is 23.2 Å². The van der Waals surface area contributed by atoms with Crippen molar-refractivity contribution in [2.75, 3.05) is 18.0 Å². The van der Waals surface area contributed by atoms with Crippen molar-refractivity contribution in [3.63, 3.8) is 0 Å². The summed E-state index contributed by atoms with van der Waals surface area (Å²) in [7, 11) is 1.68. The van der Waals surface area contributed by atoms with Crippen molar-refractivity contribution in [2.45, 2.75) is 31.7 Å². The lowest BCUT2D eigenvalue weighted by atomic mass is 9.91. The highest BCUT2D eigenvalue weighted by Crippen LogP contribution is 2.41. The molecule has 4 aromatic heterocycles. The topological polar surface area (TPSA) is 101 Å². The Labute approximate surface area is 196 Å². The van der Waals surface area contributed by atoms with Crippen LogP contribution in [0.1, 0.15) is 29.9 Å². The Morgan fingerprint density at radius 1 is 1.17 bits per heavy atom. The molecule has 35 heavy (non-hydrogen) atoms. The van der Waals surface area contributed by atoms with E-state index in [2.05, 4.69) is 31.3 Å². The Morgan fingerprint density at radius 3 is 2.54 bits per heavy atom. The molecule has 0 amide bonds. The molecule has 1 aliphatic rings. The molecule has 0 aromatic carbocycles. The van der Waals surface area contributed by atoms with Crippen LogP contribution in [-0.4, -0.2) is 47.6 Å². The van der Waals surface area contributed by atoms with Gasteiger partial charge in [-0.25, -0.2) is 9.37 Å². The predicted octanol–water partition coefficient (Wildman–Crippen LogP) is 3.74.